The highest BCUT2D eigenvalue weighted by molar-refractivity contribution is 5.85. The van der Waals surface area contributed by atoms with Gasteiger partial charge in [-0.3, -0.25) is 9.79 Å². The van der Waals surface area contributed by atoms with Crippen LogP contribution in [-0.4, -0.2) is 24.8 Å². The molecule has 0 spiro atoms. The first kappa shape index (κ1) is 19.2. The van der Waals surface area contributed by atoms with Crippen LogP contribution in [0.25, 0.3) is 0 Å². The Morgan fingerprint density at radius 2 is 1.91 bits per heavy atom. The molecule has 0 saturated carbocycles. The van der Waals surface area contributed by atoms with E-state index in [9.17, 15) is 4.79 Å². The van der Waals surface area contributed by atoms with Crippen LogP contribution in [-0.2, 0) is 9.53 Å². The number of rotatable bonds is 12. The van der Waals surface area contributed by atoms with Gasteiger partial charge >= 0.3 is 5.97 Å². The summed E-state index contributed by atoms with van der Waals surface area (Å²) in [5.74, 6) is -0.0767. The van der Waals surface area contributed by atoms with E-state index in [0.717, 1.165) is 12.8 Å². The second-order valence-electron chi connectivity index (χ2n) is 6.58. The fourth-order valence-corrected chi connectivity index (χ4v) is 3.19. The van der Waals surface area contributed by atoms with E-state index >= 15 is 0 Å². The van der Waals surface area contributed by atoms with Gasteiger partial charge in [0.1, 0.15) is 0 Å². The molecule has 1 atom stereocenters. The van der Waals surface area contributed by atoms with Gasteiger partial charge in [-0.2, -0.15) is 0 Å². The second kappa shape index (κ2) is 12.7. The average molecular weight is 309 g/mol. The average Bonchev–Trinajstić information content (AvgIpc) is 2.54. The van der Waals surface area contributed by atoms with Crippen LogP contribution >= 0.6 is 0 Å². The molecule has 1 unspecified atom stereocenters. The number of methoxy groups -OCH3 is 1. The van der Waals surface area contributed by atoms with E-state index in [1.165, 1.54) is 83.5 Å². The molecule has 22 heavy (non-hydrogen) atoms. The van der Waals surface area contributed by atoms with Gasteiger partial charge in [0.25, 0.3) is 0 Å². The van der Waals surface area contributed by atoms with Gasteiger partial charge in [0.2, 0.25) is 0 Å². The van der Waals surface area contributed by atoms with E-state index in [1.807, 2.05) is 0 Å². The van der Waals surface area contributed by atoms with Gasteiger partial charge in [-0.05, 0) is 44.9 Å². The summed E-state index contributed by atoms with van der Waals surface area (Å²) in [6.07, 6.45) is 16.8. The van der Waals surface area contributed by atoms with Gasteiger partial charge in [-0.15, -0.1) is 0 Å². The minimum atomic E-state index is -0.0767. The SMILES string of the molecule is CCCCCC1=NC(CCCCCCCC(=O)OC)CCC1. The van der Waals surface area contributed by atoms with Crippen molar-refractivity contribution in [2.75, 3.05) is 7.11 Å². The van der Waals surface area contributed by atoms with Crippen molar-refractivity contribution in [3.8, 4) is 0 Å². The van der Waals surface area contributed by atoms with Gasteiger partial charge in [-0.25, -0.2) is 0 Å². The first-order valence-corrected chi connectivity index (χ1v) is 9.38. The molecule has 0 aliphatic carbocycles. The molecule has 0 bridgehead atoms. The zero-order valence-electron chi connectivity index (χ0n) is 14.7. The number of hydrogen-bond donors (Lipinski definition) is 0. The first-order valence-electron chi connectivity index (χ1n) is 9.38. The lowest BCUT2D eigenvalue weighted by molar-refractivity contribution is -0.140. The molecule has 1 aliphatic rings. The molecular formula is C19H35NO2. The quantitative estimate of drug-likeness (QED) is 0.354. The van der Waals surface area contributed by atoms with E-state index in [2.05, 4.69) is 11.7 Å². The number of ether oxygens (including phenoxy) is 1. The molecule has 1 aliphatic heterocycles. The van der Waals surface area contributed by atoms with Crippen LogP contribution in [0.15, 0.2) is 4.99 Å². The lowest BCUT2D eigenvalue weighted by Gasteiger charge is -2.20. The summed E-state index contributed by atoms with van der Waals surface area (Å²) < 4.78 is 4.65. The molecule has 0 aromatic carbocycles. The first-order chi connectivity index (χ1) is 10.8. The number of hydrogen-bond acceptors (Lipinski definition) is 3. The number of carbonyl (C=O) groups excluding carboxylic acids is 1. The van der Waals surface area contributed by atoms with Crippen LogP contribution in [0.1, 0.15) is 96.8 Å². The standard InChI is InChI=1S/C19H35NO2/c1-3-4-8-12-17-14-11-15-18(20-17)13-9-6-5-7-10-16-19(21)22-2/h18H,3-16H2,1-2H3. The zero-order valence-corrected chi connectivity index (χ0v) is 14.7. The van der Waals surface area contributed by atoms with E-state index in [-0.39, 0.29) is 5.97 Å². The molecule has 128 valence electrons. The predicted octanol–water partition coefficient (Wildman–Crippen LogP) is 5.46. The van der Waals surface area contributed by atoms with E-state index in [0.29, 0.717) is 12.5 Å². The Morgan fingerprint density at radius 1 is 1.14 bits per heavy atom. The second-order valence-corrected chi connectivity index (χ2v) is 6.58. The van der Waals surface area contributed by atoms with Gasteiger partial charge < -0.3 is 4.74 Å². The van der Waals surface area contributed by atoms with Crippen molar-refractivity contribution in [3.63, 3.8) is 0 Å². The Kier molecular flexibility index (Phi) is 11.0. The Bertz CT molecular complexity index is 325. The molecule has 1 rings (SSSR count). The zero-order chi connectivity index (χ0) is 16.0. The number of aliphatic imine (C=N–C) groups is 1. The molecule has 0 aromatic heterocycles. The predicted molar refractivity (Wildman–Crippen MR) is 93.6 cm³/mol. The summed E-state index contributed by atoms with van der Waals surface area (Å²) in [6.45, 7) is 2.26. The minimum absolute atomic E-state index is 0.0767. The molecule has 0 N–H and O–H groups in total. The third kappa shape index (κ3) is 9.22. The molecule has 0 radical (unpaired) electrons. The molecule has 0 fully saturated rings. The van der Waals surface area contributed by atoms with Gasteiger partial charge in [-0.1, -0.05) is 45.4 Å². The summed E-state index contributed by atoms with van der Waals surface area (Å²) in [4.78, 5) is 16.0. The van der Waals surface area contributed by atoms with Crippen molar-refractivity contribution in [2.24, 2.45) is 4.99 Å². The Hall–Kier alpha value is -0.860. The smallest absolute Gasteiger partial charge is 0.305 e. The maximum Gasteiger partial charge on any atom is 0.305 e. The topological polar surface area (TPSA) is 38.7 Å². The maximum absolute atomic E-state index is 11.0. The molecule has 1 heterocycles. The largest absolute Gasteiger partial charge is 0.469 e. The third-order valence-corrected chi connectivity index (χ3v) is 4.58. The highest BCUT2D eigenvalue weighted by atomic mass is 16.5. The normalized spacial score (nSPS) is 18.1. The van der Waals surface area contributed by atoms with Crippen molar-refractivity contribution in [1.82, 2.24) is 0 Å². The van der Waals surface area contributed by atoms with Gasteiger partial charge in [0.15, 0.2) is 0 Å². The summed E-state index contributed by atoms with van der Waals surface area (Å²) in [7, 11) is 1.46. The van der Waals surface area contributed by atoms with Crippen LogP contribution in [0.2, 0.25) is 0 Å². The molecule has 0 aromatic rings. The van der Waals surface area contributed by atoms with Gasteiger partial charge in [0, 0.05) is 18.2 Å². The van der Waals surface area contributed by atoms with Crippen molar-refractivity contribution < 1.29 is 9.53 Å². The maximum atomic E-state index is 11.0. The van der Waals surface area contributed by atoms with Gasteiger partial charge in [0.05, 0.1) is 7.11 Å². The fourth-order valence-electron chi connectivity index (χ4n) is 3.19. The van der Waals surface area contributed by atoms with E-state index in [1.54, 1.807) is 0 Å². The fraction of sp³-hybridized carbons (Fsp3) is 0.895. The van der Waals surface area contributed by atoms with Crippen LogP contribution < -0.4 is 0 Å². The molecular weight excluding hydrogens is 274 g/mol. The van der Waals surface area contributed by atoms with Crippen molar-refractivity contribution in [3.05, 3.63) is 0 Å². The summed E-state index contributed by atoms with van der Waals surface area (Å²) in [5.41, 5.74) is 1.49. The Balaban J connectivity index is 2.04. The minimum Gasteiger partial charge on any atom is -0.469 e. The number of nitrogens with zero attached hydrogens (tertiary/aromatic N) is 1. The highest BCUT2D eigenvalue weighted by Gasteiger charge is 2.14. The van der Waals surface area contributed by atoms with Crippen molar-refractivity contribution in [1.29, 1.82) is 0 Å². The molecule has 0 amide bonds. The van der Waals surface area contributed by atoms with Crippen LogP contribution in [0.4, 0.5) is 0 Å². The van der Waals surface area contributed by atoms with Crippen LogP contribution in [0.5, 0.6) is 0 Å². The number of unbranched alkanes of at least 4 members (excludes halogenated alkanes) is 6. The number of carbonyl (C=O) groups is 1. The molecule has 3 heteroatoms. The van der Waals surface area contributed by atoms with Crippen LogP contribution in [0.3, 0.4) is 0 Å². The van der Waals surface area contributed by atoms with Crippen LogP contribution in [0, 0.1) is 0 Å². The monoisotopic (exact) mass is 309 g/mol. The van der Waals surface area contributed by atoms with E-state index in [4.69, 9.17) is 4.99 Å². The Morgan fingerprint density at radius 3 is 2.68 bits per heavy atom. The molecule has 0 saturated heterocycles. The van der Waals surface area contributed by atoms with Crippen molar-refractivity contribution in [2.45, 2.75) is 103 Å². The van der Waals surface area contributed by atoms with Crippen molar-refractivity contribution >= 4 is 11.7 Å². The Labute approximate surface area is 136 Å². The highest BCUT2D eigenvalue weighted by Crippen LogP contribution is 2.21. The lowest BCUT2D eigenvalue weighted by atomic mass is 9.95. The lowest BCUT2D eigenvalue weighted by Crippen LogP contribution is -2.15. The number of esters is 1. The molecule has 3 nitrogen and oxygen atoms in total. The summed E-state index contributed by atoms with van der Waals surface area (Å²) >= 11 is 0. The van der Waals surface area contributed by atoms with E-state index < -0.39 is 0 Å². The summed E-state index contributed by atoms with van der Waals surface area (Å²) in [6, 6.07) is 0.598. The third-order valence-electron chi connectivity index (χ3n) is 4.58. The summed E-state index contributed by atoms with van der Waals surface area (Å²) in [5, 5.41) is 0.